The van der Waals surface area contributed by atoms with E-state index in [-0.39, 0.29) is 11.8 Å². The van der Waals surface area contributed by atoms with Gasteiger partial charge in [0.1, 0.15) is 0 Å². The molecule has 0 aromatic rings. The Morgan fingerprint density at radius 2 is 1.58 bits per heavy atom. The fourth-order valence-corrected chi connectivity index (χ4v) is 3.38. The highest BCUT2D eigenvalue weighted by Gasteiger charge is 2.31. The first kappa shape index (κ1) is 14.4. The summed E-state index contributed by atoms with van der Waals surface area (Å²) in [6.45, 7) is 3.09. The number of amides is 2. The van der Waals surface area contributed by atoms with Gasteiger partial charge in [0.2, 0.25) is 11.8 Å². The summed E-state index contributed by atoms with van der Waals surface area (Å²) in [5.74, 6) is 0.559. The van der Waals surface area contributed by atoms with Crippen LogP contribution < -0.4 is 0 Å². The molecule has 1 saturated heterocycles. The molecule has 19 heavy (non-hydrogen) atoms. The van der Waals surface area contributed by atoms with Crippen molar-refractivity contribution in [2.24, 2.45) is 5.92 Å². The van der Waals surface area contributed by atoms with E-state index in [0.29, 0.717) is 11.9 Å². The lowest BCUT2D eigenvalue weighted by atomic mass is 9.91. The average molecular weight is 266 g/mol. The highest BCUT2D eigenvalue weighted by molar-refractivity contribution is 5.79. The van der Waals surface area contributed by atoms with Crippen molar-refractivity contribution < 1.29 is 9.59 Å². The van der Waals surface area contributed by atoms with Gasteiger partial charge in [-0.05, 0) is 25.7 Å². The van der Waals surface area contributed by atoms with E-state index in [0.717, 1.165) is 38.8 Å². The molecular weight excluding hydrogens is 240 g/mol. The second-order valence-corrected chi connectivity index (χ2v) is 6.02. The Balaban J connectivity index is 1.84. The Morgan fingerprint density at radius 3 is 2.11 bits per heavy atom. The summed E-state index contributed by atoms with van der Waals surface area (Å²) in [7, 11) is 1.97. The molecule has 0 bridgehead atoms. The van der Waals surface area contributed by atoms with Crippen molar-refractivity contribution >= 4 is 11.8 Å². The number of rotatable bonds is 2. The van der Waals surface area contributed by atoms with Crippen molar-refractivity contribution in [1.29, 1.82) is 0 Å². The fraction of sp³-hybridized carbons (Fsp3) is 0.867. The quantitative estimate of drug-likeness (QED) is 0.767. The van der Waals surface area contributed by atoms with Crippen LogP contribution in [0.3, 0.4) is 0 Å². The molecule has 0 aromatic heterocycles. The topological polar surface area (TPSA) is 40.6 Å². The van der Waals surface area contributed by atoms with Gasteiger partial charge >= 0.3 is 0 Å². The number of hydrogen-bond acceptors (Lipinski definition) is 2. The molecule has 0 N–H and O–H groups in total. The highest BCUT2D eigenvalue weighted by Crippen LogP contribution is 2.25. The summed E-state index contributed by atoms with van der Waals surface area (Å²) in [6.07, 6.45) is 7.81. The van der Waals surface area contributed by atoms with E-state index < -0.39 is 0 Å². The Bertz CT molecular complexity index is 329. The number of carbonyl (C=O) groups excluding carboxylic acids is 2. The van der Waals surface area contributed by atoms with Crippen molar-refractivity contribution in [3.63, 3.8) is 0 Å². The van der Waals surface area contributed by atoms with Gasteiger partial charge < -0.3 is 9.80 Å². The molecule has 0 spiro atoms. The van der Waals surface area contributed by atoms with Crippen LogP contribution in [0.15, 0.2) is 0 Å². The standard InChI is InChI=1S/C15H26N2O2/c1-12(18)17-10-8-13(9-11-17)15(19)16(2)14-6-4-3-5-7-14/h13-14H,3-11H2,1-2H3. The molecule has 0 atom stereocenters. The lowest BCUT2D eigenvalue weighted by Gasteiger charge is -2.36. The Kier molecular flexibility index (Phi) is 4.83. The average Bonchev–Trinajstić information content (AvgIpc) is 2.46. The van der Waals surface area contributed by atoms with E-state index >= 15 is 0 Å². The van der Waals surface area contributed by atoms with Crippen LogP contribution in [-0.2, 0) is 9.59 Å². The summed E-state index contributed by atoms with van der Waals surface area (Å²) < 4.78 is 0. The summed E-state index contributed by atoms with van der Waals surface area (Å²) in [5, 5.41) is 0. The summed E-state index contributed by atoms with van der Waals surface area (Å²) >= 11 is 0. The minimum atomic E-state index is 0.127. The van der Waals surface area contributed by atoms with E-state index in [9.17, 15) is 9.59 Å². The monoisotopic (exact) mass is 266 g/mol. The third-order valence-electron chi connectivity index (χ3n) is 4.76. The zero-order valence-electron chi connectivity index (χ0n) is 12.2. The van der Waals surface area contributed by atoms with E-state index in [4.69, 9.17) is 0 Å². The Morgan fingerprint density at radius 1 is 1.00 bits per heavy atom. The number of hydrogen-bond donors (Lipinski definition) is 0. The van der Waals surface area contributed by atoms with Crippen LogP contribution in [0.1, 0.15) is 51.9 Å². The highest BCUT2D eigenvalue weighted by atomic mass is 16.2. The lowest BCUT2D eigenvalue weighted by molar-refractivity contribution is -0.141. The maximum absolute atomic E-state index is 12.5. The number of carbonyl (C=O) groups is 2. The van der Waals surface area contributed by atoms with Gasteiger partial charge in [-0.15, -0.1) is 0 Å². The third kappa shape index (κ3) is 3.48. The number of piperidine rings is 1. The van der Waals surface area contributed by atoms with Gasteiger partial charge in [-0.25, -0.2) is 0 Å². The molecule has 1 heterocycles. The lowest BCUT2D eigenvalue weighted by Crippen LogP contribution is -2.46. The molecule has 2 amide bonds. The minimum Gasteiger partial charge on any atom is -0.343 e. The normalized spacial score (nSPS) is 22.3. The van der Waals surface area contributed by atoms with Crippen molar-refractivity contribution in [3.8, 4) is 0 Å². The van der Waals surface area contributed by atoms with Gasteiger partial charge in [-0.1, -0.05) is 19.3 Å². The van der Waals surface area contributed by atoms with Crippen LogP contribution in [-0.4, -0.2) is 47.8 Å². The van der Waals surface area contributed by atoms with Gasteiger partial charge in [0.15, 0.2) is 0 Å². The van der Waals surface area contributed by atoms with E-state index in [1.807, 2.05) is 16.8 Å². The van der Waals surface area contributed by atoms with Crippen LogP contribution in [0.5, 0.6) is 0 Å². The summed E-state index contributed by atoms with van der Waals surface area (Å²) in [6, 6.07) is 0.451. The molecule has 1 saturated carbocycles. The van der Waals surface area contributed by atoms with E-state index in [1.54, 1.807) is 6.92 Å². The third-order valence-corrected chi connectivity index (χ3v) is 4.76. The predicted octanol–water partition coefficient (Wildman–Crippen LogP) is 2.04. The predicted molar refractivity (Wildman–Crippen MR) is 74.6 cm³/mol. The molecule has 2 rings (SSSR count). The first-order valence-corrected chi connectivity index (χ1v) is 7.61. The fourth-order valence-electron chi connectivity index (χ4n) is 3.38. The molecule has 2 aliphatic rings. The maximum atomic E-state index is 12.5. The molecule has 1 aliphatic carbocycles. The maximum Gasteiger partial charge on any atom is 0.225 e. The van der Waals surface area contributed by atoms with Crippen LogP contribution in [0, 0.1) is 5.92 Å². The van der Waals surface area contributed by atoms with Gasteiger partial charge in [0.05, 0.1) is 0 Å². The summed E-state index contributed by atoms with van der Waals surface area (Å²) in [5.41, 5.74) is 0. The van der Waals surface area contributed by atoms with E-state index in [2.05, 4.69) is 0 Å². The first-order chi connectivity index (χ1) is 9.09. The molecule has 4 nitrogen and oxygen atoms in total. The molecule has 108 valence electrons. The van der Waals surface area contributed by atoms with Gasteiger partial charge in [0.25, 0.3) is 0 Å². The molecular formula is C15H26N2O2. The van der Waals surface area contributed by atoms with Crippen LogP contribution in [0.2, 0.25) is 0 Å². The van der Waals surface area contributed by atoms with Crippen molar-refractivity contribution in [1.82, 2.24) is 9.80 Å². The first-order valence-electron chi connectivity index (χ1n) is 7.61. The SMILES string of the molecule is CC(=O)N1CCC(C(=O)N(C)C2CCCCC2)CC1. The van der Waals surface area contributed by atoms with Crippen LogP contribution in [0.25, 0.3) is 0 Å². The number of nitrogens with zero attached hydrogens (tertiary/aromatic N) is 2. The second kappa shape index (κ2) is 6.40. The van der Waals surface area contributed by atoms with Crippen LogP contribution in [0.4, 0.5) is 0 Å². The molecule has 0 aromatic carbocycles. The van der Waals surface area contributed by atoms with E-state index in [1.165, 1.54) is 19.3 Å². The smallest absolute Gasteiger partial charge is 0.225 e. The van der Waals surface area contributed by atoms with Gasteiger partial charge in [0, 0.05) is 39.0 Å². The molecule has 2 fully saturated rings. The Hall–Kier alpha value is -1.06. The van der Waals surface area contributed by atoms with Crippen molar-refractivity contribution in [2.45, 2.75) is 57.9 Å². The Labute approximate surface area is 116 Å². The van der Waals surface area contributed by atoms with Crippen molar-refractivity contribution in [2.75, 3.05) is 20.1 Å². The molecule has 4 heteroatoms. The number of likely N-dealkylation sites (tertiary alicyclic amines) is 1. The molecule has 0 radical (unpaired) electrons. The van der Waals surface area contributed by atoms with Gasteiger partial charge in [-0.3, -0.25) is 9.59 Å². The largest absolute Gasteiger partial charge is 0.343 e. The van der Waals surface area contributed by atoms with Crippen molar-refractivity contribution in [3.05, 3.63) is 0 Å². The zero-order chi connectivity index (χ0) is 13.8. The molecule has 0 unspecified atom stereocenters. The molecule has 1 aliphatic heterocycles. The summed E-state index contributed by atoms with van der Waals surface area (Å²) in [4.78, 5) is 27.6. The minimum absolute atomic E-state index is 0.127. The van der Waals surface area contributed by atoms with Crippen LogP contribution >= 0.6 is 0 Å². The zero-order valence-corrected chi connectivity index (χ0v) is 12.2. The van der Waals surface area contributed by atoms with Gasteiger partial charge in [-0.2, -0.15) is 0 Å². The second-order valence-electron chi connectivity index (χ2n) is 6.02.